The highest BCUT2D eigenvalue weighted by molar-refractivity contribution is 7.98. The van der Waals surface area contributed by atoms with E-state index in [1.807, 2.05) is 61.9 Å². The van der Waals surface area contributed by atoms with Crippen LogP contribution in [0.5, 0.6) is 0 Å². The number of thiophene rings is 1. The minimum absolute atomic E-state index is 0.177. The molecule has 122 valence electrons. The standard InChI is InChI=1S/C18H17N3OS2/c1-11-7-4-5-8-13(11)20-17(22)15-12(2)19-16(21-18(15)23-3)14-9-6-10-24-14/h4-10H,1-3H3,(H,20,22). The molecule has 0 atom stereocenters. The largest absolute Gasteiger partial charge is 0.322 e. The quantitative estimate of drug-likeness (QED) is 0.540. The number of aryl methyl sites for hydroxylation is 2. The van der Waals surface area contributed by atoms with E-state index in [-0.39, 0.29) is 5.91 Å². The molecule has 0 saturated carbocycles. The van der Waals surface area contributed by atoms with Gasteiger partial charge in [0, 0.05) is 5.69 Å². The first kappa shape index (κ1) is 16.7. The normalized spacial score (nSPS) is 10.6. The molecule has 1 aromatic carbocycles. The Kier molecular flexibility index (Phi) is 4.97. The van der Waals surface area contributed by atoms with Crippen molar-refractivity contribution in [3.63, 3.8) is 0 Å². The molecule has 0 aliphatic rings. The van der Waals surface area contributed by atoms with E-state index >= 15 is 0 Å². The van der Waals surface area contributed by atoms with Crippen molar-refractivity contribution in [2.75, 3.05) is 11.6 Å². The molecule has 4 nitrogen and oxygen atoms in total. The second-order valence-electron chi connectivity index (χ2n) is 5.26. The topological polar surface area (TPSA) is 54.9 Å². The van der Waals surface area contributed by atoms with Gasteiger partial charge in [0.15, 0.2) is 5.82 Å². The summed E-state index contributed by atoms with van der Waals surface area (Å²) in [4.78, 5) is 22.9. The van der Waals surface area contributed by atoms with E-state index in [9.17, 15) is 4.79 Å². The van der Waals surface area contributed by atoms with Gasteiger partial charge in [-0.2, -0.15) is 0 Å². The smallest absolute Gasteiger partial charge is 0.260 e. The van der Waals surface area contributed by atoms with Crippen LogP contribution in [0.25, 0.3) is 10.7 Å². The van der Waals surface area contributed by atoms with Crippen LogP contribution < -0.4 is 5.32 Å². The summed E-state index contributed by atoms with van der Waals surface area (Å²) >= 11 is 3.04. The maximum Gasteiger partial charge on any atom is 0.260 e. The number of nitrogens with zero attached hydrogens (tertiary/aromatic N) is 2. The molecule has 3 rings (SSSR count). The SMILES string of the molecule is CSc1nc(-c2cccs2)nc(C)c1C(=O)Nc1ccccc1C. The molecule has 3 aromatic rings. The van der Waals surface area contributed by atoms with Crippen molar-refractivity contribution in [2.24, 2.45) is 0 Å². The molecule has 0 aliphatic carbocycles. The number of thioether (sulfide) groups is 1. The van der Waals surface area contributed by atoms with Crippen molar-refractivity contribution in [1.29, 1.82) is 0 Å². The van der Waals surface area contributed by atoms with Gasteiger partial charge in [-0.15, -0.1) is 23.1 Å². The summed E-state index contributed by atoms with van der Waals surface area (Å²) in [6.07, 6.45) is 1.92. The molecule has 0 fully saturated rings. The van der Waals surface area contributed by atoms with Crippen molar-refractivity contribution in [3.05, 3.63) is 58.6 Å². The van der Waals surface area contributed by atoms with E-state index in [0.717, 1.165) is 16.1 Å². The van der Waals surface area contributed by atoms with E-state index in [2.05, 4.69) is 15.3 Å². The second kappa shape index (κ2) is 7.15. The highest BCUT2D eigenvalue weighted by Crippen LogP contribution is 2.28. The molecule has 6 heteroatoms. The Bertz CT molecular complexity index is 876. The summed E-state index contributed by atoms with van der Waals surface area (Å²) in [6, 6.07) is 11.7. The maximum absolute atomic E-state index is 12.8. The zero-order chi connectivity index (χ0) is 17.1. The summed E-state index contributed by atoms with van der Waals surface area (Å²) < 4.78 is 0. The van der Waals surface area contributed by atoms with E-state index < -0.39 is 0 Å². The predicted molar refractivity (Wildman–Crippen MR) is 101 cm³/mol. The molecule has 0 bridgehead atoms. The number of carbonyl (C=O) groups is 1. The van der Waals surface area contributed by atoms with Crippen LogP contribution in [0.2, 0.25) is 0 Å². The highest BCUT2D eigenvalue weighted by atomic mass is 32.2. The Morgan fingerprint density at radius 1 is 1.12 bits per heavy atom. The van der Waals surface area contributed by atoms with Gasteiger partial charge in [-0.05, 0) is 43.2 Å². The zero-order valence-corrected chi connectivity index (χ0v) is 15.3. The van der Waals surface area contributed by atoms with Crippen molar-refractivity contribution < 1.29 is 4.79 Å². The van der Waals surface area contributed by atoms with Crippen LogP contribution in [-0.2, 0) is 0 Å². The molecule has 2 aromatic heterocycles. The van der Waals surface area contributed by atoms with E-state index in [4.69, 9.17) is 0 Å². The molecule has 0 aliphatic heterocycles. The number of rotatable bonds is 4. The predicted octanol–water partition coefficient (Wildman–Crippen LogP) is 4.80. The third kappa shape index (κ3) is 3.34. The lowest BCUT2D eigenvalue weighted by molar-refractivity contribution is 0.102. The zero-order valence-electron chi connectivity index (χ0n) is 13.7. The lowest BCUT2D eigenvalue weighted by Gasteiger charge is -2.13. The molecule has 1 N–H and O–H groups in total. The molecular formula is C18H17N3OS2. The monoisotopic (exact) mass is 355 g/mol. The number of carbonyl (C=O) groups excluding carboxylic acids is 1. The molecule has 0 radical (unpaired) electrons. The third-order valence-corrected chi connectivity index (χ3v) is 5.16. The number of nitrogens with one attached hydrogen (secondary N) is 1. The van der Waals surface area contributed by atoms with Crippen LogP contribution >= 0.6 is 23.1 Å². The lowest BCUT2D eigenvalue weighted by Crippen LogP contribution is -2.17. The Labute approximate surface area is 149 Å². The van der Waals surface area contributed by atoms with Gasteiger partial charge in [0.05, 0.1) is 16.1 Å². The molecule has 0 spiro atoms. The van der Waals surface area contributed by atoms with Crippen molar-refractivity contribution >= 4 is 34.7 Å². The van der Waals surface area contributed by atoms with Crippen LogP contribution in [0.3, 0.4) is 0 Å². The Hall–Kier alpha value is -2.18. The van der Waals surface area contributed by atoms with Crippen LogP contribution in [-0.4, -0.2) is 22.1 Å². The Morgan fingerprint density at radius 2 is 1.92 bits per heavy atom. The van der Waals surface area contributed by atoms with E-state index in [0.29, 0.717) is 22.1 Å². The molecular weight excluding hydrogens is 338 g/mol. The van der Waals surface area contributed by atoms with Crippen molar-refractivity contribution in [1.82, 2.24) is 9.97 Å². The second-order valence-corrected chi connectivity index (χ2v) is 7.01. The first-order chi connectivity index (χ1) is 11.6. The van der Waals surface area contributed by atoms with Crippen molar-refractivity contribution in [3.8, 4) is 10.7 Å². The fraction of sp³-hybridized carbons (Fsp3) is 0.167. The summed E-state index contributed by atoms with van der Waals surface area (Å²) in [5.41, 5.74) is 3.04. The molecule has 0 saturated heterocycles. The molecule has 1 amide bonds. The molecule has 0 unspecified atom stereocenters. The number of aromatic nitrogens is 2. The van der Waals surface area contributed by atoms with Crippen LogP contribution in [0.1, 0.15) is 21.6 Å². The molecule has 2 heterocycles. The van der Waals surface area contributed by atoms with Gasteiger partial charge < -0.3 is 5.32 Å². The minimum atomic E-state index is -0.177. The van der Waals surface area contributed by atoms with Crippen LogP contribution in [0.15, 0.2) is 46.8 Å². The number of hydrogen-bond donors (Lipinski definition) is 1. The van der Waals surface area contributed by atoms with Gasteiger partial charge in [0.2, 0.25) is 0 Å². The number of benzene rings is 1. The number of amides is 1. The summed E-state index contributed by atoms with van der Waals surface area (Å²) in [5.74, 6) is 0.489. The van der Waals surface area contributed by atoms with Gasteiger partial charge in [0.25, 0.3) is 5.91 Å². The average molecular weight is 355 g/mol. The van der Waals surface area contributed by atoms with Gasteiger partial charge >= 0.3 is 0 Å². The summed E-state index contributed by atoms with van der Waals surface area (Å²) in [7, 11) is 0. The summed E-state index contributed by atoms with van der Waals surface area (Å²) in [6.45, 7) is 3.82. The van der Waals surface area contributed by atoms with Crippen molar-refractivity contribution in [2.45, 2.75) is 18.9 Å². The number of para-hydroxylation sites is 1. The fourth-order valence-corrected chi connectivity index (χ4v) is 3.65. The molecule has 24 heavy (non-hydrogen) atoms. The fourth-order valence-electron chi connectivity index (χ4n) is 2.37. The Morgan fingerprint density at radius 3 is 2.58 bits per heavy atom. The summed E-state index contributed by atoms with van der Waals surface area (Å²) in [5, 5.41) is 5.65. The maximum atomic E-state index is 12.8. The van der Waals surface area contributed by atoms with Crippen LogP contribution in [0.4, 0.5) is 5.69 Å². The highest BCUT2D eigenvalue weighted by Gasteiger charge is 2.19. The first-order valence-electron chi connectivity index (χ1n) is 7.43. The number of anilines is 1. The van der Waals surface area contributed by atoms with Gasteiger partial charge in [-0.25, -0.2) is 9.97 Å². The van der Waals surface area contributed by atoms with Gasteiger partial charge in [-0.1, -0.05) is 24.3 Å². The first-order valence-corrected chi connectivity index (χ1v) is 9.54. The third-order valence-electron chi connectivity index (χ3n) is 3.61. The van der Waals surface area contributed by atoms with Gasteiger partial charge in [-0.3, -0.25) is 4.79 Å². The average Bonchev–Trinajstić information content (AvgIpc) is 3.10. The minimum Gasteiger partial charge on any atom is -0.322 e. The van der Waals surface area contributed by atoms with Crippen LogP contribution in [0, 0.1) is 13.8 Å². The van der Waals surface area contributed by atoms with E-state index in [1.54, 1.807) is 11.3 Å². The lowest BCUT2D eigenvalue weighted by atomic mass is 10.1. The Balaban J connectivity index is 1.98. The van der Waals surface area contributed by atoms with E-state index in [1.165, 1.54) is 11.8 Å². The number of hydrogen-bond acceptors (Lipinski definition) is 5. The van der Waals surface area contributed by atoms with Gasteiger partial charge in [0.1, 0.15) is 5.03 Å².